The average molecular weight is 552 g/mol. The largest absolute Gasteiger partial charge is 0.462 e. The van der Waals surface area contributed by atoms with Gasteiger partial charge in [-0.05, 0) is 91.0 Å². The maximum Gasteiger partial charge on any atom is 0.410 e. The van der Waals surface area contributed by atoms with Gasteiger partial charge in [0.25, 0.3) is 0 Å². The molecular weight excluding hydrogens is 510 g/mol. The third-order valence-electron chi connectivity index (χ3n) is 7.34. The molecule has 0 aliphatic carbocycles. The van der Waals surface area contributed by atoms with Gasteiger partial charge in [0.1, 0.15) is 11.4 Å². The molecule has 3 aromatic rings. The molecule has 2 fully saturated rings. The van der Waals surface area contributed by atoms with E-state index < -0.39 is 5.60 Å². The van der Waals surface area contributed by atoms with Crippen LogP contribution in [0.3, 0.4) is 0 Å². The molecule has 1 atom stereocenters. The van der Waals surface area contributed by atoms with Crippen molar-refractivity contribution >= 4 is 23.4 Å². The number of fused-ring (bicyclic) bond motifs is 1. The molecule has 2 saturated heterocycles. The van der Waals surface area contributed by atoms with Gasteiger partial charge < -0.3 is 28.8 Å². The van der Waals surface area contributed by atoms with Gasteiger partial charge in [-0.3, -0.25) is 0 Å². The number of likely N-dealkylation sites (tertiary alicyclic amines) is 1. The minimum atomic E-state index is -0.530. The van der Waals surface area contributed by atoms with Crippen LogP contribution in [-0.4, -0.2) is 69.1 Å². The first kappa shape index (κ1) is 28.0. The standard InChI is InChI=1S/C30H41N5O5/c1-6-38-28(36)23-19-22-10-9-14-34(22)27(31-21-12-15-33(16-13-21)29(37)40-30(3,4)5)26(23)24-18-20(2)32-35(24)25-11-7-8-17-39-25/h9-10,14,18-19,21,25,31H,6-8,11-13,15-17H2,1-5H3. The van der Waals surface area contributed by atoms with Crippen molar-refractivity contribution in [1.29, 1.82) is 0 Å². The SMILES string of the molecule is CCOC(=O)c1cc2cccn2c(NC2CCN(C(=O)OC(C)(C)C)CC2)c1-c1cc(C)nn1C1CCCCO1. The highest BCUT2D eigenvalue weighted by atomic mass is 16.6. The van der Waals surface area contributed by atoms with Gasteiger partial charge in [-0.15, -0.1) is 0 Å². The van der Waals surface area contributed by atoms with Gasteiger partial charge in [-0.25, -0.2) is 14.3 Å². The number of rotatable bonds is 6. The molecule has 0 aromatic carbocycles. The van der Waals surface area contributed by atoms with Crippen LogP contribution in [0, 0.1) is 6.92 Å². The minimum Gasteiger partial charge on any atom is -0.462 e. The molecule has 40 heavy (non-hydrogen) atoms. The zero-order valence-electron chi connectivity index (χ0n) is 24.2. The Labute approximate surface area is 235 Å². The summed E-state index contributed by atoms with van der Waals surface area (Å²) in [6.45, 7) is 11.5. The third-order valence-corrected chi connectivity index (χ3v) is 7.34. The Morgan fingerprint density at radius 2 is 1.93 bits per heavy atom. The van der Waals surface area contributed by atoms with Crippen LogP contribution in [0.1, 0.15) is 82.1 Å². The number of hydrogen-bond acceptors (Lipinski definition) is 7. The Hall–Kier alpha value is -3.53. The molecule has 5 rings (SSSR count). The van der Waals surface area contributed by atoms with Crippen molar-refractivity contribution in [3.8, 4) is 11.3 Å². The lowest BCUT2D eigenvalue weighted by Crippen LogP contribution is -2.44. The van der Waals surface area contributed by atoms with Gasteiger partial charge in [-0.2, -0.15) is 5.10 Å². The number of nitrogens with one attached hydrogen (secondary N) is 1. The molecule has 1 unspecified atom stereocenters. The summed E-state index contributed by atoms with van der Waals surface area (Å²) in [5, 5.41) is 8.57. The predicted octanol–water partition coefficient (Wildman–Crippen LogP) is 5.80. The van der Waals surface area contributed by atoms with Crippen LogP contribution in [0.2, 0.25) is 0 Å². The van der Waals surface area contributed by atoms with Gasteiger partial charge in [0.05, 0.1) is 29.1 Å². The number of piperidine rings is 1. The number of aryl methyl sites for hydroxylation is 1. The van der Waals surface area contributed by atoms with Crippen molar-refractivity contribution < 1.29 is 23.8 Å². The number of esters is 1. The molecule has 0 bridgehead atoms. The predicted molar refractivity (Wildman–Crippen MR) is 153 cm³/mol. The topological polar surface area (TPSA) is 99.3 Å². The monoisotopic (exact) mass is 551 g/mol. The Morgan fingerprint density at radius 1 is 1.15 bits per heavy atom. The van der Waals surface area contributed by atoms with Crippen LogP contribution < -0.4 is 5.32 Å². The minimum absolute atomic E-state index is 0.0869. The van der Waals surface area contributed by atoms with Crippen LogP contribution in [0.15, 0.2) is 30.5 Å². The average Bonchev–Trinajstić information content (AvgIpc) is 3.55. The van der Waals surface area contributed by atoms with Crippen LogP contribution in [0.25, 0.3) is 16.8 Å². The van der Waals surface area contributed by atoms with E-state index in [0.717, 1.165) is 60.4 Å². The van der Waals surface area contributed by atoms with Gasteiger partial charge in [0.2, 0.25) is 0 Å². The number of ether oxygens (including phenoxy) is 3. The number of nitrogens with zero attached hydrogens (tertiary/aromatic N) is 4. The summed E-state index contributed by atoms with van der Waals surface area (Å²) in [6.07, 6.45) is 5.96. The number of carbonyl (C=O) groups excluding carboxylic acids is 2. The highest BCUT2D eigenvalue weighted by Gasteiger charge is 2.31. The number of carbonyl (C=O) groups is 2. The number of amides is 1. The molecule has 10 nitrogen and oxygen atoms in total. The third kappa shape index (κ3) is 5.96. The number of anilines is 1. The summed E-state index contributed by atoms with van der Waals surface area (Å²) in [6, 6.07) is 7.94. The molecule has 216 valence electrons. The zero-order chi connectivity index (χ0) is 28.4. The lowest BCUT2D eigenvalue weighted by atomic mass is 10.0. The number of aromatic nitrogens is 3. The molecule has 2 aliphatic rings. The molecule has 10 heteroatoms. The maximum absolute atomic E-state index is 13.4. The molecule has 5 heterocycles. The van der Waals surface area contributed by atoms with E-state index in [2.05, 4.69) is 9.72 Å². The first-order valence-corrected chi connectivity index (χ1v) is 14.4. The lowest BCUT2D eigenvalue weighted by Gasteiger charge is -2.34. The molecule has 0 radical (unpaired) electrons. The molecule has 0 spiro atoms. The maximum atomic E-state index is 13.4. The molecule has 1 N–H and O–H groups in total. The van der Waals surface area contributed by atoms with E-state index in [9.17, 15) is 9.59 Å². The van der Waals surface area contributed by atoms with Crippen LogP contribution in [-0.2, 0) is 14.2 Å². The van der Waals surface area contributed by atoms with Crippen LogP contribution in [0.5, 0.6) is 0 Å². The summed E-state index contributed by atoms with van der Waals surface area (Å²) in [7, 11) is 0. The summed E-state index contributed by atoms with van der Waals surface area (Å²) in [5.74, 6) is 0.428. The van der Waals surface area contributed by atoms with Crippen molar-refractivity contribution in [2.24, 2.45) is 0 Å². The fourth-order valence-corrected chi connectivity index (χ4v) is 5.52. The highest BCUT2D eigenvalue weighted by molar-refractivity contribution is 6.01. The second kappa shape index (κ2) is 11.5. The van der Waals surface area contributed by atoms with Crippen molar-refractivity contribution in [3.63, 3.8) is 0 Å². The van der Waals surface area contributed by atoms with Gasteiger partial charge in [-0.1, -0.05) is 0 Å². The van der Waals surface area contributed by atoms with E-state index in [4.69, 9.17) is 19.3 Å². The smallest absolute Gasteiger partial charge is 0.410 e. The molecule has 0 saturated carbocycles. The van der Waals surface area contributed by atoms with Gasteiger partial charge >= 0.3 is 12.1 Å². The van der Waals surface area contributed by atoms with E-state index in [1.54, 1.807) is 4.90 Å². The van der Waals surface area contributed by atoms with E-state index in [1.165, 1.54) is 0 Å². The van der Waals surface area contributed by atoms with Gasteiger partial charge in [0, 0.05) is 37.5 Å². The Morgan fingerprint density at radius 3 is 2.60 bits per heavy atom. The molecule has 3 aromatic heterocycles. The fourth-order valence-electron chi connectivity index (χ4n) is 5.52. The van der Waals surface area contributed by atoms with E-state index >= 15 is 0 Å². The zero-order valence-corrected chi connectivity index (χ0v) is 24.2. The van der Waals surface area contributed by atoms with E-state index in [1.807, 2.05) is 69.8 Å². The molecule has 2 aliphatic heterocycles. The van der Waals surface area contributed by atoms with Crippen molar-refractivity contribution in [2.45, 2.75) is 84.6 Å². The van der Waals surface area contributed by atoms with Crippen molar-refractivity contribution in [3.05, 3.63) is 41.7 Å². The molecular formula is C30H41N5O5. The summed E-state index contributed by atoms with van der Waals surface area (Å²) in [5.41, 5.74) is 3.25. The Kier molecular flexibility index (Phi) is 8.07. The second-order valence-corrected chi connectivity index (χ2v) is 11.6. The highest BCUT2D eigenvalue weighted by Crippen LogP contribution is 2.38. The normalized spacial score (nSPS) is 18.6. The summed E-state index contributed by atoms with van der Waals surface area (Å²) in [4.78, 5) is 27.8. The van der Waals surface area contributed by atoms with Crippen LogP contribution in [0.4, 0.5) is 10.6 Å². The second-order valence-electron chi connectivity index (χ2n) is 11.6. The van der Waals surface area contributed by atoms with E-state index in [0.29, 0.717) is 25.3 Å². The molecule has 1 amide bonds. The summed E-state index contributed by atoms with van der Waals surface area (Å²) < 4.78 is 21.3. The Bertz CT molecular complexity index is 1360. The summed E-state index contributed by atoms with van der Waals surface area (Å²) >= 11 is 0. The first-order valence-electron chi connectivity index (χ1n) is 14.4. The lowest BCUT2D eigenvalue weighted by molar-refractivity contribution is -0.0385. The quantitative estimate of drug-likeness (QED) is 0.387. The number of hydrogen-bond donors (Lipinski definition) is 1. The van der Waals surface area contributed by atoms with Crippen molar-refractivity contribution in [1.82, 2.24) is 19.1 Å². The number of pyridine rings is 1. The Balaban J connectivity index is 1.53. The van der Waals surface area contributed by atoms with Gasteiger partial charge in [0.15, 0.2) is 6.23 Å². The van der Waals surface area contributed by atoms with Crippen molar-refractivity contribution in [2.75, 3.05) is 31.6 Å². The van der Waals surface area contributed by atoms with E-state index in [-0.39, 0.29) is 30.9 Å². The fraction of sp³-hybridized carbons (Fsp3) is 0.567. The van der Waals surface area contributed by atoms with Crippen LogP contribution >= 0.6 is 0 Å². The first-order chi connectivity index (χ1) is 19.1.